The highest BCUT2D eigenvalue weighted by Gasteiger charge is 2.22. The second-order valence-electron chi connectivity index (χ2n) is 5.06. The number of aryl methyl sites for hydroxylation is 1. The number of rotatable bonds is 2. The first kappa shape index (κ1) is 14.3. The van der Waals surface area contributed by atoms with Crippen LogP contribution in [-0.4, -0.2) is 42.1 Å². The van der Waals surface area contributed by atoms with E-state index in [0.29, 0.717) is 37.0 Å². The van der Waals surface area contributed by atoms with E-state index >= 15 is 0 Å². The molecule has 110 valence electrons. The second kappa shape index (κ2) is 6.00. The summed E-state index contributed by atoms with van der Waals surface area (Å²) in [6.07, 6.45) is 2.45. The molecule has 1 fully saturated rings. The summed E-state index contributed by atoms with van der Waals surface area (Å²) in [7, 11) is 0. The predicted octanol–water partition coefficient (Wildman–Crippen LogP) is 2.92. The summed E-state index contributed by atoms with van der Waals surface area (Å²) in [6.45, 7) is 4.50. The summed E-state index contributed by atoms with van der Waals surface area (Å²) < 4.78 is 5.31. The van der Waals surface area contributed by atoms with Crippen molar-refractivity contribution in [2.75, 3.05) is 26.3 Å². The maximum Gasteiger partial charge on any atom is 0.256 e. The van der Waals surface area contributed by atoms with E-state index in [1.54, 1.807) is 6.20 Å². The number of pyridine rings is 1. The number of ether oxygens (including phenoxy) is 1. The summed E-state index contributed by atoms with van der Waals surface area (Å²) in [4.78, 5) is 18.8. The van der Waals surface area contributed by atoms with Crippen molar-refractivity contribution in [3.05, 3.63) is 40.7 Å². The number of benzene rings is 1. The molecular weight excluding hydrogens is 288 g/mol. The molecule has 1 aliphatic heterocycles. The molecule has 1 saturated heterocycles. The van der Waals surface area contributed by atoms with Gasteiger partial charge in [0.2, 0.25) is 0 Å². The van der Waals surface area contributed by atoms with E-state index in [1.807, 2.05) is 23.1 Å². The van der Waals surface area contributed by atoms with Crippen molar-refractivity contribution in [1.29, 1.82) is 0 Å². The molecule has 2 heterocycles. The van der Waals surface area contributed by atoms with Crippen LogP contribution in [0.15, 0.2) is 24.4 Å². The van der Waals surface area contributed by atoms with E-state index in [4.69, 9.17) is 16.3 Å². The SMILES string of the molecule is CCc1cccc2c(Cl)ncc(C(=O)N3CCOCC3)c12. The van der Waals surface area contributed by atoms with Crippen LogP contribution in [0, 0.1) is 0 Å². The predicted molar refractivity (Wildman–Crippen MR) is 82.9 cm³/mol. The first-order valence-electron chi connectivity index (χ1n) is 7.15. The normalized spacial score (nSPS) is 15.4. The molecule has 0 saturated carbocycles. The number of amides is 1. The van der Waals surface area contributed by atoms with Crippen molar-refractivity contribution in [3.63, 3.8) is 0 Å². The minimum Gasteiger partial charge on any atom is -0.378 e. The Kier molecular flexibility index (Phi) is 4.08. The first-order chi connectivity index (χ1) is 10.2. The van der Waals surface area contributed by atoms with Gasteiger partial charge < -0.3 is 9.64 Å². The fourth-order valence-corrected chi connectivity index (χ4v) is 2.95. The maximum absolute atomic E-state index is 12.8. The molecule has 0 bridgehead atoms. The van der Waals surface area contributed by atoms with Crippen LogP contribution in [0.5, 0.6) is 0 Å². The van der Waals surface area contributed by atoms with Gasteiger partial charge in [0.15, 0.2) is 0 Å². The van der Waals surface area contributed by atoms with Gasteiger partial charge in [-0.1, -0.05) is 36.7 Å². The molecule has 4 nitrogen and oxygen atoms in total. The molecule has 2 aromatic rings. The van der Waals surface area contributed by atoms with Crippen molar-refractivity contribution in [2.24, 2.45) is 0 Å². The third-order valence-electron chi connectivity index (χ3n) is 3.86. The highest BCUT2D eigenvalue weighted by atomic mass is 35.5. The van der Waals surface area contributed by atoms with Gasteiger partial charge in [0.05, 0.1) is 18.8 Å². The van der Waals surface area contributed by atoms with Crippen LogP contribution >= 0.6 is 11.6 Å². The number of carbonyl (C=O) groups is 1. The molecular formula is C16H17ClN2O2. The Morgan fingerprint density at radius 1 is 1.38 bits per heavy atom. The summed E-state index contributed by atoms with van der Waals surface area (Å²) in [5.41, 5.74) is 1.75. The molecule has 0 unspecified atom stereocenters. The fraction of sp³-hybridized carbons (Fsp3) is 0.375. The van der Waals surface area contributed by atoms with Gasteiger partial charge in [0, 0.05) is 30.1 Å². The van der Waals surface area contributed by atoms with Crippen molar-refractivity contribution >= 4 is 28.3 Å². The summed E-state index contributed by atoms with van der Waals surface area (Å²) in [6, 6.07) is 5.91. The zero-order valence-corrected chi connectivity index (χ0v) is 12.7. The Labute approximate surface area is 128 Å². The monoisotopic (exact) mass is 304 g/mol. The number of hydrogen-bond acceptors (Lipinski definition) is 3. The van der Waals surface area contributed by atoms with Gasteiger partial charge in [-0.05, 0) is 12.0 Å². The molecule has 0 aliphatic carbocycles. The molecule has 1 aromatic carbocycles. The number of halogens is 1. The van der Waals surface area contributed by atoms with Crippen LogP contribution in [0.1, 0.15) is 22.8 Å². The third-order valence-corrected chi connectivity index (χ3v) is 4.16. The van der Waals surface area contributed by atoms with Crippen LogP contribution in [-0.2, 0) is 11.2 Å². The van der Waals surface area contributed by atoms with E-state index < -0.39 is 0 Å². The average molecular weight is 305 g/mol. The highest BCUT2D eigenvalue weighted by molar-refractivity contribution is 6.35. The molecule has 0 spiro atoms. The van der Waals surface area contributed by atoms with Gasteiger partial charge >= 0.3 is 0 Å². The smallest absolute Gasteiger partial charge is 0.256 e. The molecule has 1 aliphatic rings. The topological polar surface area (TPSA) is 42.4 Å². The lowest BCUT2D eigenvalue weighted by molar-refractivity contribution is 0.0304. The number of aromatic nitrogens is 1. The van der Waals surface area contributed by atoms with Gasteiger partial charge in [0.1, 0.15) is 5.15 Å². The summed E-state index contributed by atoms with van der Waals surface area (Å²) in [5, 5.41) is 2.21. The van der Waals surface area contributed by atoms with Crippen molar-refractivity contribution in [2.45, 2.75) is 13.3 Å². The van der Waals surface area contributed by atoms with E-state index in [2.05, 4.69) is 11.9 Å². The number of fused-ring (bicyclic) bond motifs is 1. The van der Waals surface area contributed by atoms with Gasteiger partial charge in [-0.3, -0.25) is 4.79 Å². The summed E-state index contributed by atoms with van der Waals surface area (Å²) >= 11 is 6.19. The van der Waals surface area contributed by atoms with E-state index in [9.17, 15) is 4.79 Å². The lowest BCUT2D eigenvalue weighted by atomic mass is 9.99. The van der Waals surface area contributed by atoms with Crippen LogP contribution in [0.25, 0.3) is 10.8 Å². The Bertz CT molecular complexity index is 681. The van der Waals surface area contributed by atoms with E-state index in [1.165, 1.54) is 0 Å². The molecule has 21 heavy (non-hydrogen) atoms. The van der Waals surface area contributed by atoms with E-state index in [0.717, 1.165) is 22.8 Å². The molecule has 0 N–H and O–H groups in total. The lowest BCUT2D eigenvalue weighted by Gasteiger charge is -2.27. The Morgan fingerprint density at radius 3 is 2.86 bits per heavy atom. The number of nitrogens with zero attached hydrogens (tertiary/aromatic N) is 2. The van der Waals surface area contributed by atoms with Gasteiger partial charge in [-0.15, -0.1) is 0 Å². The van der Waals surface area contributed by atoms with Crippen molar-refractivity contribution < 1.29 is 9.53 Å². The van der Waals surface area contributed by atoms with Crippen molar-refractivity contribution in [1.82, 2.24) is 9.88 Å². The van der Waals surface area contributed by atoms with Crippen LogP contribution in [0.2, 0.25) is 5.15 Å². The Balaban J connectivity index is 2.13. The molecule has 1 aromatic heterocycles. The van der Waals surface area contributed by atoms with Crippen LogP contribution in [0.3, 0.4) is 0 Å². The van der Waals surface area contributed by atoms with Gasteiger partial charge in [-0.25, -0.2) is 4.98 Å². The molecule has 0 radical (unpaired) electrons. The van der Waals surface area contributed by atoms with Crippen LogP contribution in [0.4, 0.5) is 0 Å². The zero-order chi connectivity index (χ0) is 14.8. The average Bonchev–Trinajstić information content (AvgIpc) is 2.55. The lowest BCUT2D eigenvalue weighted by Crippen LogP contribution is -2.40. The molecule has 0 atom stereocenters. The summed E-state index contributed by atoms with van der Waals surface area (Å²) in [5.74, 6) is 0.00775. The van der Waals surface area contributed by atoms with Gasteiger partial charge in [0.25, 0.3) is 5.91 Å². The number of hydrogen-bond donors (Lipinski definition) is 0. The minimum absolute atomic E-state index is 0.00775. The zero-order valence-electron chi connectivity index (χ0n) is 11.9. The van der Waals surface area contributed by atoms with Crippen LogP contribution < -0.4 is 0 Å². The standard InChI is InChI=1S/C16H17ClN2O2/c1-2-11-4-3-5-12-14(11)13(10-18-15(12)17)16(20)19-6-8-21-9-7-19/h3-5,10H,2,6-9H2,1H3. The third kappa shape index (κ3) is 2.61. The van der Waals surface area contributed by atoms with E-state index in [-0.39, 0.29) is 5.91 Å². The second-order valence-corrected chi connectivity index (χ2v) is 5.42. The first-order valence-corrected chi connectivity index (χ1v) is 7.53. The Morgan fingerprint density at radius 2 is 2.14 bits per heavy atom. The quantitative estimate of drug-likeness (QED) is 0.801. The van der Waals surface area contributed by atoms with Gasteiger partial charge in [-0.2, -0.15) is 0 Å². The molecule has 1 amide bonds. The highest BCUT2D eigenvalue weighted by Crippen LogP contribution is 2.29. The molecule has 3 rings (SSSR count). The number of carbonyl (C=O) groups excluding carboxylic acids is 1. The van der Waals surface area contributed by atoms with Crippen molar-refractivity contribution in [3.8, 4) is 0 Å². The fourth-order valence-electron chi connectivity index (χ4n) is 2.74. The molecule has 5 heteroatoms. The maximum atomic E-state index is 12.8. The number of morpholine rings is 1. The minimum atomic E-state index is 0.00775. The largest absolute Gasteiger partial charge is 0.378 e. The Hall–Kier alpha value is -1.65.